The minimum absolute atomic E-state index is 0. The van der Waals surface area contributed by atoms with E-state index in [1.54, 1.807) is 0 Å². The summed E-state index contributed by atoms with van der Waals surface area (Å²) in [4.78, 5) is 31.8. The van der Waals surface area contributed by atoms with Gasteiger partial charge in [-0.2, -0.15) is 0 Å². The van der Waals surface area contributed by atoms with Crippen molar-refractivity contribution in [2.24, 2.45) is 9.98 Å². The number of carboxylic acids is 2. The van der Waals surface area contributed by atoms with Crippen molar-refractivity contribution in [3.8, 4) is 23.0 Å². The molecule has 0 fully saturated rings. The first kappa shape index (κ1) is 53.9. The van der Waals surface area contributed by atoms with Crippen molar-refractivity contribution in [3.05, 3.63) is 105 Å². The fourth-order valence-corrected chi connectivity index (χ4v) is 6.90. The van der Waals surface area contributed by atoms with E-state index < -0.39 is 34.9 Å². The smallest absolute Gasteiger partial charge is 0.545 e. The summed E-state index contributed by atoms with van der Waals surface area (Å²) >= 11 is 0. The molecule has 0 saturated carbocycles. The van der Waals surface area contributed by atoms with Crippen LogP contribution < -0.4 is 10.2 Å². The predicted octanol–water partition coefficient (Wildman–Crippen LogP) is 9.99. The molecule has 0 bridgehead atoms. The molecule has 11 heteroatoms. The molecule has 0 saturated heterocycles. The van der Waals surface area contributed by atoms with Crippen molar-refractivity contribution in [2.45, 2.75) is 145 Å². The minimum Gasteiger partial charge on any atom is -0.545 e. The van der Waals surface area contributed by atoms with E-state index in [9.17, 15) is 30.0 Å². The molecule has 4 rings (SSSR count). The van der Waals surface area contributed by atoms with Gasteiger partial charge in [-0.25, -0.2) is 0 Å². The summed E-state index contributed by atoms with van der Waals surface area (Å²) in [6.45, 7) is 17.2. The average molecular weight is 882 g/mol. The quantitative estimate of drug-likeness (QED) is 0.0407. The zero-order valence-corrected chi connectivity index (χ0v) is 38.3. The van der Waals surface area contributed by atoms with Gasteiger partial charge in [-0.05, 0) is 134 Å². The number of hydrogen-bond acceptors (Lipinski definition) is 10. The standard InChI is InChI=1S/C30H44N2.2C10H12O4.Ni/c1-7-13-15-29(31-27-19-17-23(9-3)25(11-5)21-27)30(16-14-8-2)32-28-20-18-24(10-4)26(12-6)22-28;2*1-2-3-6-4-5-7(11)9(12)8(6)10(13)14;/h17-22H,7-16H2,1-6H3;2*4-5,11-12H,2-3H2,1H3,(H,13,14);/q;;;+2/p-2. The number of aryl methyl sites for hydroxylation is 6. The van der Waals surface area contributed by atoms with Crippen LogP contribution in [-0.2, 0) is 55.0 Å². The number of hydrogen-bond donors (Lipinski definition) is 4. The maximum Gasteiger partial charge on any atom is 2.00 e. The van der Waals surface area contributed by atoms with E-state index in [1.165, 1.54) is 70.8 Å². The third-order valence-corrected chi connectivity index (χ3v) is 10.2. The molecular formula is C50H66N2NiO8. The molecule has 0 aliphatic rings. The molecule has 4 aromatic rings. The Hall–Kier alpha value is -5.15. The number of phenolic OH excluding ortho intramolecular Hbond substituents is 2. The maximum atomic E-state index is 10.7. The zero-order valence-electron chi connectivity index (χ0n) is 37.3. The number of carbonyl (C=O) groups excluding carboxylic acids is 2. The summed E-state index contributed by atoms with van der Waals surface area (Å²) in [6.07, 6.45) is 13.4. The van der Waals surface area contributed by atoms with Crippen molar-refractivity contribution in [2.75, 3.05) is 0 Å². The van der Waals surface area contributed by atoms with Gasteiger partial charge < -0.3 is 40.2 Å². The van der Waals surface area contributed by atoms with Gasteiger partial charge in [-0.1, -0.05) is 105 Å². The van der Waals surface area contributed by atoms with E-state index in [0.717, 1.165) is 75.6 Å². The molecule has 0 unspecified atom stereocenters. The van der Waals surface area contributed by atoms with Gasteiger partial charge in [0.15, 0.2) is 23.0 Å². The molecule has 0 heterocycles. The molecule has 0 radical (unpaired) electrons. The Labute approximate surface area is 373 Å². The average Bonchev–Trinajstić information content (AvgIpc) is 3.24. The van der Waals surface area contributed by atoms with Crippen molar-refractivity contribution in [1.29, 1.82) is 0 Å². The van der Waals surface area contributed by atoms with Crippen molar-refractivity contribution in [1.82, 2.24) is 0 Å². The number of phenols is 4. The van der Waals surface area contributed by atoms with Crippen LogP contribution in [0.25, 0.3) is 0 Å². The van der Waals surface area contributed by atoms with Crippen LogP contribution in [0, 0.1) is 0 Å². The summed E-state index contributed by atoms with van der Waals surface area (Å²) < 4.78 is 0. The monoisotopic (exact) mass is 880 g/mol. The number of aromatic hydroxyl groups is 4. The first-order valence-corrected chi connectivity index (χ1v) is 21.6. The number of nitrogens with zero attached hydrogens (tertiary/aromatic N) is 2. The largest absolute Gasteiger partial charge is 2.00 e. The Kier molecular flexibility index (Phi) is 25.1. The van der Waals surface area contributed by atoms with Gasteiger partial charge in [0.25, 0.3) is 0 Å². The Morgan fingerprint density at radius 2 is 0.803 bits per heavy atom. The molecule has 0 aliphatic heterocycles. The van der Waals surface area contributed by atoms with E-state index >= 15 is 0 Å². The first-order chi connectivity index (χ1) is 28.7. The van der Waals surface area contributed by atoms with E-state index in [1.807, 2.05) is 13.8 Å². The third-order valence-electron chi connectivity index (χ3n) is 10.2. The molecule has 4 aromatic carbocycles. The van der Waals surface area contributed by atoms with Crippen LogP contribution in [0.2, 0.25) is 0 Å². The Balaban J connectivity index is 0.000000529. The van der Waals surface area contributed by atoms with Gasteiger partial charge in [-0.15, -0.1) is 0 Å². The molecule has 61 heavy (non-hydrogen) atoms. The van der Waals surface area contributed by atoms with Gasteiger partial charge in [0.05, 0.1) is 34.7 Å². The molecule has 0 spiro atoms. The number of carboxylic acid groups (broad SMARTS) is 2. The third kappa shape index (κ3) is 16.3. The molecule has 0 aliphatic carbocycles. The number of rotatable bonds is 19. The summed E-state index contributed by atoms with van der Waals surface area (Å²) in [6, 6.07) is 19.0. The Morgan fingerprint density at radius 3 is 1.08 bits per heavy atom. The van der Waals surface area contributed by atoms with Crippen LogP contribution in [0.5, 0.6) is 23.0 Å². The SMILES string of the molecule is CCCCC(=Nc1ccc(CC)c(CC)c1)C(CCCC)=Nc1ccc(CC)c(CC)c1.CCCc1ccc(O)c(O)c1C(=O)[O-].CCCc1ccc(O)c(O)c1C(=O)[O-].[Ni+2]. The second-order valence-electron chi connectivity index (χ2n) is 14.7. The molecule has 0 aromatic heterocycles. The number of carbonyl (C=O) groups is 2. The number of benzene rings is 4. The van der Waals surface area contributed by atoms with Gasteiger partial charge >= 0.3 is 16.5 Å². The van der Waals surface area contributed by atoms with Crippen LogP contribution >= 0.6 is 0 Å². The van der Waals surface area contributed by atoms with E-state index in [0.29, 0.717) is 24.0 Å². The van der Waals surface area contributed by atoms with Gasteiger partial charge in [0, 0.05) is 11.1 Å². The fraction of sp³-hybridized carbons (Fsp3) is 0.440. The summed E-state index contributed by atoms with van der Waals surface area (Å²) in [5.74, 6) is -5.05. The minimum atomic E-state index is -1.47. The fourth-order valence-electron chi connectivity index (χ4n) is 6.90. The van der Waals surface area contributed by atoms with Gasteiger partial charge in [0.1, 0.15) is 0 Å². The number of unbranched alkanes of at least 4 members (excludes halogenated alkanes) is 2. The van der Waals surface area contributed by atoms with E-state index in [2.05, 4.69) is 77.9 Å². The molecule has 0 amide bonds. The Morgan fingerprint density at radius 1 is 0.475 bits per heavy atom. The topological polar surface area (TPSA) is 186 Å². The normalized spacial score (nSPS) is 11.1. The molecule has 0 atom stereocenters. The van der Waals surface area contributed by atoms with Crippen molar-refractivity contribution < 1.29 is 56.7 Å². The van der Waals surface area contributed by atoms with Crippen molar-refractivity contribution >= 4 is 34.7 Å². The van der Waals surface area contributed by atoms with E-state index in [4.69, 9.17) is 20.2 Å². The maximum absolute atomic E-state index is 10.7. The molecule has 4 N–H and O–H groups in total. The van der Waals surface area contributed by atoms with Crippen LogP contribution in [0.1, 0.15) is 161 Å². The van der Waals surface area contributed by atoms with Gasteiger partial charge in [0.2, 0.25) is 0 Å². The van der Waals surface area contributed by atoms with Crippen LogP contribution in [0.3, 0.4) is 0 Å². The van der Waals surface area contributed by atoms with Crippen molar-refractivity contribution in [3.63, 3.8) is 0 Å². The Bertz CT molecular complexity index is 1930. The summed E-state index contributed by atoms with van der Waals surface area (Å²) in [5, 5.41) is 58.2. The summed E-state index contributed by atoms with van der Waals surface area (Å²) in [5.41, 5.74) is 10.5. The second-order valence-corrected chi connectivity index (χ2v) is 14.7. The molecule has 10 nitrogen and oxygen atoms in total. The second kappa shape index (κ2) is 28.4. The predicted molar refractivity (Wildman–Crippen MR) is 240 cm³/mol. The van der Waals surface area contributed by atoms with Crippen LogP contribution in [-0.4, -0.2) is 43.8 Å². The van der Waals surface area contributed by atoms with Gasteiger partial charge in [-0.3, -0.25) is 9.98 Å². The van der Waals surface area contributed by atoms with E-state index in [-0.39, 0.29) is 27.6 Å². The van der Waals surface area contributed by atoms with Crippen LogP contribution in [0.15, 0.2) is 70.6 Å². The number of aromatic carboxylic acids is 2. The first-order valence-electron chi connectivity index (χ1n) is 21.6. The zero-order chi connectivity index (χ0) is 44.8. The molecule has 334 valence electrons. The summed E-state index contributed by atoms with van der Waals surface area (Å²) in [7, 11) is 0. The van der Waals surface area contributed by atoms with Crippen LogP contribution in [0.4, 0.5) is 11.4 Å². The number of aliphatic imine (C=N–C) groups is 2. The molecular weight excluding hydrogens is 815 g/mol.